The lowest BCUT2D eigenvalue weighted by Crippen LogP contribution is -2.36. The van der Waals surface area contributed by atoms with Crippen molar-refractivity contribution in [1.29, 1.82) is 0 Å². The molecule has 2 rings (SSSR count). The second-order valence-corrected chi connectivity index (χ2v) is 6.11. The molecule has 0 radical (unpaired) electrons. The molecule has 1 saturated carbocycles. The van der Waals surface area contributed by atoms with E-state index in [2.05, 4.69) is 27.7 Å². The number of nitrogens with one attached hydrogen (secondary N) is 2. The first-order valence-corrected chi connectivity index (χ1v) is 7.93. The lowest BCUT2D eigenvalue weighted by atomic mass is 10.0. The zero-order chi connectivity index (χ0) is 15.1. The first kappa shape index (κ1) is 15.7. The van der Waals surface area contributed by atoms with Gasteiger partial charge < -0.3 is 15.5 Å². The quantitative estimate of drug-likeness (QED) is 0.845. The summed E-state index contributed by atoms with van der Waals surface area (Å²) in [6.07, 6.45) is 6.50. The molecular formula is C17H27N3O. The number of benzene rings is 1. The highest BCUT2D eigenvalue weighted by atomic mass is 16.2. The van der Waals surface area contributed by atoms with Crippen molar-refractivity contribution in [3.8, 4) is 0 Å². The zero-order valence-electron chi connectivity index (χ0n) is 13.2. The highest BCUT2D eigenvalue weighted by Crippen LogP contribution is 2.26. The fourth-order valence-electron chi connectivity index (χ4n) is 2.88. The minimum absolute atomic E-state index is 0.0664. The van der Waals surface area contributed by atoms with Gasteiger partial charge in [-0.1, -0.05) is 37.8 Å². The molecule has 0 saturated heterocycles. The molecule has 0 heterocycles. The number of hydrogen-bond acceptors (Lipinski definition) is 2. The Balaban J connectivity index is 1.67. The van der Waals surface area contributed by atoms with Crippen LogP contribution in [0.15, 0.2) is 24.3 Å². The van der Waals surface area contributed by atoms with Crippen molar-refractivity contribution in [2.75, 3.05) is 25.5 Å². The Morgan fingerprint density at radius 3 is 2.71 bits per heavy atom. The molecule has 1 aromatic rings. The van der Waals surface area contributed by atoms with Crippen molar-refractivity contribution in [1.82, 2.24) is 10.6 Å². The van der Waals surface area contributed by atoms with Gasteiger partial charge in [-0.2, -0.15) is 0 Å². The monoisotopic (exact) mass is 289 g/mol. The normalized spacial score (nSPS) is 15.0. The molecule has 0 unspecified atom stereocenters. The summed E-state index contributed by atoms with van der Waals surface area (Å²) in [7, 11) is 4.03. The number of nitrogens with zero attached hydrogens (tertiary/aromatic N) is 1. The zero-order valence-corrected chi connectivity index (χ0v) is 13.2. The maximum absolute atomic E-state index is 11.8. The molecule has 1 fully saturated rings. The fourth-order valence-corrected chi connectivity index (χ4v) is 2.88. The van der Waals surface area contributed by atoms with Crippen LogP contribution in [-0.2, 0) is 6.54 Å². The van der Waals surface area contributed by atoms with Crippen LogP contribution in [0, 0.1) is 5.92 Å². The molecule has 1 aliphatic rings. The van der Waals surface area contributed by atoms with Crippen LogP contribution in [0.25, 0.3) is 0 Å². The first-order chi connectivity index (χ1) is 10.1. The number of carbonyl (C=O) groups excluding carboxylic acids is 1. The van der Waals surface area contributed by atoms with Gasteiger partial charge in [0.1, 0.15) is 0 Å². The number of anilines is 1. The molecule has 0 atom stereocenters. The van der Waals surface area contributed by atoms with Crippen LogP contribution in [0.4, 0.5) is 10.5 Å². The van der Waals surface area contributed by atoms with Crippen molar-refractivity contribution >= 4 is 11.7 Å². The van der Waals surface area contributed by atoms with Gasteiger partial charge in [0.05, 0.1) is 0 Å². The molecule has 2 amide bonds. The average molecular weight is 289 g/mol. The maximum Gasteiger partial charge on any atom is 0.315 e. The van der Waals surface area contributed by atoms with Crippen molar-refractivity contribution in [2.45, 2.75) is 38.6 Å². The number of carbonyl (C=O) groups is 1. The van der Waals surface area contributed by atoms with Crippen LogP contribution >= 0.6 is 0 Å². The third kappa shape index (κ3) is 5.29. The number of amides is 2. The van der Waals surface area contributed by atoms with E-state index in [9.17, 15) is 4.79 Å². The van der Waals surface area contributed by atoms with Gasteiger partial charge in [0.15, 0.2) is 0 Å². The lowest BCUT2D eigenvalue weighted by Gasteiger charge is -2.14. The SMILES string of the molecule is CN(C)c1cccc(CNC(=O)NCCC2CCCC2)c1. The van der Waals surface area contributed by atoms with E-state index in [1.807, 2.05) is 26.2 Å². The Morgan fingerprint density at radius 2 is 2.00 bits per heavy atom. The summed E-state index contributed by atoms with van der Waals surface area (Å²) in [6, 6.07) is 8.14. The molecule has 4 heteroatoms. The van der Waals surface area contributed by atoms with E-state index in [0.717, 1.165) is 30.1 Å². The summed E-state index contributed by atoms with van der Waals surface area (Å²) < 4.78 is 0. The predicted octanol–water partition coefficient (Wildman–Crippen LogP) is 3.13. The van der Waals surface area contributed by atoms with Gasteiger partial charge in [-0.05, 0) is 30.0 Å². The minimum Gasteiger partial charge on any atom is -0.378 e. The molecule has 1 aromatic carbocycles. The number of rotatable bonds is 6. The summed E-state index contributed by atoms with van der Waals surface area (Å²) in [5.41, 5.74) is 2.27. The lowest BCUT2D eigenvalue weighted by molar-refractivity contribution is 0.239. The minimum atomic E-state index is -0.0664. The van der Waals surface area contributed by atoms with Crippen LogP contribution in [0.2, 0.25) is 0 Å². The fraction of sp³-hybridized carbons (Fsp3) is 0.588. The van der Waals surface area contributed by atoms with Gasteiger partial charge in [0.2, 0.25) is 0 Å². The molecule has 0 aliphatic heterocycles. The van der Waals surface area contributed by atoms with Crippen LogP contribution in [0.1, 0.15) is 37.7 Å². The van der Waals surface area contributed by atoms with Gasteiger partial charge in [-0.25, -0.2) is 4.79 Å². The summed E-state index contributed by atoms with van der Waals surface area (Å²) in [5, 5.41) is 5.88. The van der Waals surface area contributed by atoms with Crippen molar-refractivity contribution in [2.24, 2.45) is 5.92 Å². The van der Waals surface area contributed by atoms with E-state index in [-0.39, 0.29) is 6.03 Å². The Labute approximate surface area is 127 Å². The molecule has 116 valence electrons. The largest absolute Gasteiger partial charge is 0.378 e. The summed E-state index contributed by atoms with van der Waals surface area (Å²) in [6.45, 7) is 1.35. The Kier molecular flexibility index (Phi) is 5.90. The van der Waals surface area contributed by atoms with E-state index >= 15 is 0 Å². The Bertz CT molecular complexity index is 453. The van der Waals surface area contributed by atoms with Gasteiger partial charge in [0, 0.05) is 32.9 Å². The molecular weight excluding hydrogens is 262 g/mol. The van der Waals surface area contributed by atoms with Crippen LogP contribution in [0.5, 0.6) is 0 Å². The van der Waals surface area contributed by atoms with E-state index in [1.165, 1.54) is 25.7 Å². The Hall–Kier alpha value is -1.71. The van der Waals surface area contributed by atoms with E-state index < -0.39 is 0 Å². The summed E-state index contributed by atoms with van der Waals surface area (Å²) in [5.74, 6) is 0.821. The first-order valence-electron chi connectivity index (χ1n) is 7.93. The average Bonchev–Trinajstić information content (AvgIpc) is 2.99. The standard InChI is InChI=1S/C17H27N3O/c1-20(2)16-9-5-8-15(12-16)13-19-17(21)18-11-10-14-6-3-4-7-14/h5,8-9,12,14H,3-4,6-7,10-11,13H2,1-2H3,(H2,18,19,21). The third-order valence-electron chi connectivity index (χ3n) is 4.19. The number of urea groups is 1. The summed E-state index contributed by atoms with van der Waals surface area (Å²) in [4.78, 5) is 13.8. The highest BCUT2D eigenvalue weighted by molar-refractivity contribution is 5.73. The Morgan fingerprint density at radius 1 is 1.24 bits per heavy atom. The van der Waals surface area contributed by atoms with Crippen LogP contribution in [-0.4, -0.2) is 26.7 Å². The highest BCUT2D eigenvalue weighted by Gasteiger charge is 2.14. The number of hydrogen-bond donors (Lipinski definition) is 2. The molecule has 4 nitrogen and oxygen atoms in total. The van der Waals surface area contributed by atoms with Gasteiger partial charge >= 0.3 is 6.03 Å². The van der Waals surface area contributed by atoms with Crippen LogP contribution < -0.4 is 15.5 Å². The van der Waals surface area contributed by atoms with E-state index in [4.69, 9.17) is 0 Å². The van der Waals surface area contributed by atoms with Gasteiger partial charge in [-0.3, -0.25) is 0 Å². The molecule has 0 bridgehead atoms. The topological polar surface area (TPSA) is 44.4 Å². The van der Waals surface area contributed by atoms with Crippen molar-refractivity contribution in [3.63, 3.8) is 0 Å². The third-order valence-corrected chi connectivity index (χ3v) is 4.19. The van der Waals surface area contributed by atoms with Gasteiger partial charge in [-0.15, -0.1) is 0 Å². The second kappa shape index (κ2) is 7.91. The van der Waals surface area contributed by atoms with Gasteiger partial charge in [0.25, 0.3) is 0 Å². The molecule has 1 aliphatic carbocycles. The second-order valence-electron chi connectivity index (χ2n) is 6.11. The van der Waals surface area contributed by atoms with Crippen LogP contribution in [0.3, 0.4) is 0 Å². The smallest absolute Gasteiger partial charge is 0.315 e. The predicted molar refractivity (Wildman–Crippen MR) is 87.6 cm³/mol. The van der Waals surface area contributed by atoms with Crippen molar-refractivity contribution < 1.29 is 4.79 Å². The molecule has 0 spiro atoms. The maximum atomic E-state index is 11.8. The van der Waals surface area contributed by atoms with E-state index in [1.54, 1.807) is 0 Å². The van der Waals surface area contributed by atoms with E-state index in [0.29, 0.717) is 6.54 Å². The molecule has 21 heavy (non-hydrogen) atoms. The molecule has 2 N–H and O–H groups in total. The summed E-state index contributed by atoms with van der Waals surface area (Å²) >= 11 is 0. The van der Waals surface area contributed by atoms with Crippen molar-refractivity contribution in [3.05, 3.63) is 29.8 Å². The molecule has 0 aromatic heterocycles.